The van der Waals surface area contributed by atoms with Crippen molar-refractivity contribution in [3.8, 4) is 22.6 Å². The molecule has 2 N–H and O–H groups in total. The Labute approximate surface area is 199 Å². The minimum absolute atomic E-state index is 0.324. The van der Waals surface area contributed by atoms with Gasteiger partial charge in [0.05, 0.1) is 27.4 Å². The first kappa shape index (κ1) is 23.4. The predicted octanol–water partition coefficient (Wildman–Crippen LogP) is 4.32. The summed E-state index contributed by atoms with van der Waals surface area (Å²) < 4.78 is 16.1. The van der Waals surface area contributed by atoms with Gasteiger partial charge in [-0.25, -0.2) is 4.79 Å². The number of ether oxygens (including phenoxy) is 3. The van der Waals surface area contributed by atoms with E-state index in [2.05, 4.69) is 10.2 Å². The van der Waals surface area contributed by atoms with Gasteiger partial charge < -0.3 is 29.5 Å². The molecule has 1 saturated heterocycles. The van der Waals surface area contributed by atoms with E-state index in [9.17, 15) is 9.90 Å². The SMILES string of the molecule is COc1ccc(-c2ccc(N[C@@H](Cc3cc(OC)cc(N4CCOCC4)c3)C(=O)O)cc2)cc1. The normalized spacial score (nSPS) is 14.4. The molecule has 7 nitrogen and oxygen atoms in total. The smallest absolute Gasteiger partial charge is 0.326 e. The Balaban J connectivity index is 1.48. The Kier molecular flexibility index (Phi) is 7.54. The number of hydrogen-bond donors (Lipinski definition) is 2. The highest BCUT2D eigenvalue weighted by Crippen LogP contribution is 2.27. The molecule has 1 aliphatic rings. The molecule has 0 amide bonds. The van der Waals surface area contributed by atoms with Crippen LogP contribution in [-0.2, 0) is 16.0 Å². The van der Waals surface area contributed by atoms with Crippen molar-refractivity contribution in [2.75, 3.05) is 50.7 Å². The Morgan fingerprint density at radius 2 is 1.56 bits per heavy atom. The molecule has 34 heavy (non-hydrogen) atoms. The molecule has 7 heteroatoms. The van der Waals surface area contributed by atoms with Gasteiger partial charge >= 0.3 is 5.97 Å². The monoisotopic (exact) mass is 462 g/mol. The number of nitrogens with zero attached hydrogens (tertiary/aromatic N) is 1. The third-order valence-corrected chi connectivity index (χ3v) is 5.95. The molecule has 178 valence electrons. The average Bonchev–Trinajstić information content (AvgIpc) is 2.89. The third-order valence-electron chi connectivity index (χ3n) is 5.95. The molecule has 0 aliphatic carbocycles. The number of carboxylic acid groups (broad SMARTS) is 1. The lowest BCUT2D eigenvalue weighted by Gasteiger charge is -2.29. The number of benzene rings is 3. The van der Waals surface area contributed by atoms with Gasteiger partial charge in [0.2, 0.25) is 0 Å². The third kappa shape index (κ3) is 5.80. The van der Waals surface area contributed by atoms with Crippen molar-refractivity contribution in [3.05, 3.63) is 72.3 Å². The summed E-state index contributed by atoms with van der Waals surface area (Å²) in [6.45, 7) is 2.96. The molecule has 0 bridgehead atoms. The van der Waals surface area contributed by atoms with Gasteiger partial charge in [0, 0.05) is 37.0 Å². The van der Waals surface area contributed by atoms with E-state index >= 15 is 0 Å². The van der Waals surface area contributed by atoms with E-state index in [4.69, 9.17) is 14.2 Å². The maximum atomic E-state index is 12.1. The van der Waals surface area contributed by atoms with E-state index in [0.717, 1.165) is 46.9 Å². The lowest BCUT2D eigenvalue weighted by molar-refractivity contribution is -0.137. The average molecular weight is 463 g/mol. The number of rotatable bonds is 9. The molecular formula is C27H30N2O5. The maximum Gasteiger partial charge on any atom is 0.326 e. The van der Waals surface area contributed by atoms with Crippen LogP contribution in [0.25, 0.3) is 11.1 Å². The Morgan fingerprint density at radius 3 is 2.15 bits per heavy atom. The molecule has 3 aromatic rings. The van der Waals surface area contributed by atoms with E-state index in [-0.39, 0.29) is 0 Å². The van der Waals surface area contributed by atoms with Crippen LogP contribution in [0.4, 0.5) is 11.4 Å². The molecule has 0 spiro atoms. The number of nitrogens with one attached hydrogen (secondary N) is 1. The second-order valence-electron chi connectivity index (χ2n) is 8.18. The first-order chi connectivity index (χ1) is 16.6. The van der Waals surface area contributed by atoms with Gasteiger partial charge in [0.1, 0.15) is 17.5 Å². The number of hydrogen-bond acceptors (Lipinski definition) is 6. The summed E-state index contributed by atoms with van der Waals surface area (Å²) in [7, 11) is 3.27. The molecule has 1 atom stereocenters. The Bertz CT molecular complexity index is 1090. The number of carboxylic acids is 1. The van der Waals surface area contributed by atoms with Crippen molar-refractivity contribution >= 4 is 17.3 Å². The van der Waals surface area contributed by atoms with Crippen LogP contribution in [0, 0.1) is 0 Å². The highest BCUT2D eigenvalue weighted by atomic mass is 16.5. The fraction of sp³-hybridized carbons (Fsp3) is 0.296. The van der Waals surface area contributed by atoms with Crippen LogP contribution in [0.5, 0.6) is 11.5 Å². The zero-order chi connectivity index (χ0) is 23.9. The van der Waals surface area contributed by atoms with Gasteiger partial charge in [-0.1, -0.05) is 24.3 Å². The molecule has 1 fully saturated rings. The number of morpholine rings is 1. The topological polar surface area (TPSA) is 80.3 Å². The summed E-state index contributed by atoms with van der Waals surface area (Å²) in [5.41, 5.74) is 4.78. The second-order valence-corrected chi connectivity index (χ2v) is 8.18. The minimum Gasteiger partial charge on any atom is -0.497 e. The largest absolute Gasteiger partial charge is 0.497 e. The van der Waals surface area contributed by atoms with E-state index in [1.165, 1.54) is 0 Å². The van der Waals surface area contributed by atoms with Crippen LogP contribution in [-0.4, -0.2) is 57.6 Å². The zero-order valence-electron chi connectivity index (χ0n) is 19.5. The van der Waals surface area contributed by atoms with Gasteiger partial charge in [-0.05, 0) is 53.1 Å². The van der Waals surface area contributed by atoms with Crippen molar-refractivity contribution in [2.24, 2.45) is 0 Å². The van der Waals surface area contributed by atoms with Crippen LogP contribution in [0.15, 0.2) is 66.7 Å². The Morgan fingerprint density at radius 1 is 0.941 bits per heavy atom. The fourth-order valence-corrected chi connectivity index (χ4v) is 4.06. The maximum absolute atomic E-state index is 12.1. The minimum atomic E-state index is -0.907. The second kappa shape index (κ2) is 10.9. The van der Waals surface area contributed by atoms with Crippen LogP contribution in [0.1, 0.15) is 5.56 Å². The molecule has 4 rings (SSSR count). The van der Waals surface area contributed by atoms with Crippen LogP contribution in [0.3, 0.4) is 0 Å². The van der Waals surface area contributed by atoms with Gasteiger partial charge in [0.15, 0.2) is 0 Å². The molecule has 0 aromatic heterocycles. The van der Waals surface area contributed by atoms with Gasteiger partial charge in [-0.2, -0.15) is 0 Å². The van der Waals surface area contributed by atoms with Crippen LogP contribution >= 0.6 is 0 Å². The highest BCUT2D eigenvalue weighted by molar-refractivity contribution is 5.78. The first-order valence-corrected chi connectivity index (χ1v) is 11.3. The van der Waals surface area contributed by atoms with Gasteiger partial charge in [-0.3, -0.25) is 0 Å². The molecule has 0 radical (unpaired) electrons. The number of aliphatic carboxylic acids is 1. The van der Waals surface area contributed by atoms with E-state index in [1.807, 2.05) is 66.7 Å². The summed E-state index contributed by atoms with van der Waals surface area (Å²) >= 11 is 0. The number of methoxy groups -OCH3 is 2. The number of carbonyl (C=O) groups is 1. The standard InChI is InChI=1S/C27H30N2O5/c1-32-24-9-5-21(6-10-24)20-3-7-22(8-4-20)28-26(27(30)31)17-19-15-23(18-25(16-19)33-2)29-11-13-34-14-12-29/h3-10,15-16,18,26,28H,11-14,17H2,1-2H3,(H,30,31)/t26-/m0/s1. The molecule has 0 saturated carbocycles. The van der Waals surface area contributed by atoms with Crippen molar-refractivity contribution in [2.45, 2.75) is 12.5 Å². The molecule has 0 unspecified atom stereocenters. The van der Waals surface area contributed by atoms with Gasteiger partial charge in [-0.15, -0.1) is 0 Å². The summed E-state index contributed by atoms with van der Waals surface area (Å²) in [5, 5.41) is 13.1. The molecular weight excluding hydrogens is 432 g/mol. The van der Waals surface area contributed by atoms with Gasteiger partial charge in [0.25, 0.3) is 0 Å². The highest BCUT2D eigenvalue weighted by Gasteiger charge is 2.20. The van der Waals surface area contributed by atoms with E-state index < -0.39 is 12.0 Å². The van der Waals surface area contributed by atoms with Crippen molar-refractivity contribution in [1.29, 1.82) is 0 Å². The van der Waals surface area contributed by atoms with E-state index in [0.29, 0.717) is 25.4 Å². The first-order valence-electron chi connectivity index (χ1n) is 11.3. The lowest BCUT2D eigenvalue weighted by atomic mass is 10.0. The summed E-state index contributed by atoms with van der Waals surface area (Å²) in [4.78, 5) is 14.3. The lowest BCUT2D eigenvalue weighted by Crippen LogP contribution is -2.36. The van der Waals surface area contributed by atoms with Crippen LogP contribution < -0.4 is 19.7 Å². The molecule has 1 heterocycles. The van der Waals surface area contributed by atoms with Crippen LogP contribution in [0.2, 0.25) is 0 Å². The predicted molar refractivity (Wildman–Crippen MR) is 133 cm³/mol. The van der Waals surface area contributed by atoms with Crippen molar-refractivity contribution in [3.63, 3.8) is 0 Å². The molecule has 1 aliphatic heterocycles. The molecule has 3 aromatic carbocycles. The zero-order valence-corrected chi connectivity index (χ0v) is 19.5. The van der Waals surface area contributed by atoms with Crippen molar-refractivity contribution < 1.29 is 24.1 Å². The van der Waals surface area contributed by atoms with Crippen molar-refractivity contribution in [1.82, 2.24) is 0 Å². The summed E-state index contributed by atoms with van der Waals surface area (Å²) in [5.74, 6) is 0.614. The summed E-state index contributed by atoms with van der Waals surface area (Å²) in [6, 6.07) is 20.7. The Hall–Kier alpha value is -3.71. The fourth-order valence-electron chi connectivity index (χ4n) is 4.06. The summed E-state index contributed by atoms with van der Waals surface area (Å²) in [6.07, 6.45) is 0.324. The number of anilines is 2. The van der Waals surface area contributed by atoms with E-state index in [1.54, 1.807) is 14.2 Å². The quantitative estimate of drug-likeness (QED) is 0.490.